The molecule has 0 aliphatic heterocycles. The Hall–Kier alpha value is -4.10. The Balaban J connectivity index is 1.53. The Morgan fingerprint density at radius 3 is 2.21 bits per heavy atom. The van der Waals surface area contributed by atoms with Crippen LogP contribution in [0.1, 0.15) is 35.1 Å². The maximum absolute atomic E-state index is 13.4. The quantitative estimate of drug-likeness (QED) is 0.236. The normalized spacial score (nSPS) is 13.4. The molecule has 0 bridgehead atoms. The van der Waals surface area contributed by atoms with Gasteiger partial charge in [-0.05, 0) is 48.7 Å². The molecule has 3 atom stereocenters. The van der Waals surface area contributed by atoms with Crippen molar-refractivity contribution < 1.29 is 19.5 Å². The summed E-state index contributed by atoms with van der Waals surface area (Å²) in [5.74, 6) is -2.60. The second kappa shape index (κ2) is 12.0. The third-order valence-corrected chi connectivity index (χ3v) is 6.92. The number of fused-ring (bicyclic) bond motifs is 1. The van der Waals surface area contributed by atoms with E-state index in [-0.39, 0.29) is 18.7 Å². The van der Waals surface area contributed by atoms with Gasteiger partial charge in [0.05, 0.1) is 5.92 Å². The Bertz CT molecular complexity index is 1430. The Labute approximate surface area is 226 Å². The summed E-state index contributed by atoms with van der Waals surface area (Å²) in [4.78, 5) is 41.9. The zero-order valence-corrected chi connectivity index (χ0v) is 22.0. The molecule has 0 saturated carbocycles. The third-order valence-electron chi connectivity index (χ3n) is 6.67. The van der Waals surface area contributed by atoms with Crippen LogP contribution in [0.3, 0.4) is 0 Å². The highest BCUT2D eigenvalue weighted by Gasteiger charge is 2.29. The number of H-pyrrole nitrogens is 1. The molecule has 0 spiro atoms. The van der Waals surface area contributed by atoms with E-state index in [0.29, 0.717) is 5.02 Å². The van der Waals surface area contributed by atoms with Crippen LogP contribution >= 0.6 is 11.6 Å². The SMILES string of the molecule is Cc1ccc(CC(NC(=O)C(C)c2ccc(Cl)cc2)C(=O)NC(Cc2c[nH]c3ccccc23)C(=O)O)cc1. The fourth-order valence-electron chi connectivity index (χ4n) is 4.36. The number of para-hydroxylation sites is 1. The van der Waals surface area contributed by atoms with E-state index < -0.39 is 29.9 Å². The van der Waals surface area contributed by atoms with Gasteiger partial charge in [-0.2, -0.15) is 0 Å². The van der Waals surface area contributed by atoms with Gasteiger partial charge in [0.25, 0.3) is 0 Å². The monoisotopic (exact) mass is 531 g/mol. The van der Waals surface area contributed by atoms with Crippen LogP contribution in [-0.4, -0.2) is 40.0 Å². The first-order valence-corrected chi connectivity index (χ1v) is 12.8. The van der Waals surface area contributed by atoms with Crippen LogP contribution in [0.2, 0.25) is 5.02 Å². The molecule has 1 heterocycles. The first kappa shape index (κ1) is 26.9. The topological polar surface area (TPSA) is 111 Å². The van der Waals surface area contributed by atoms with Gasteiger partial charge in [0.15, 0.2) is 0 Å². The number of aromatic amines is 1. The lowest BCUT2D eigenvalue weighted by molar-refractivity contribution is -0.142. The van der Waals surface area contributed by atoms with Crippen LogP contribution in [0.15, 0.2) is 79.0 Å². The van der Waals surface area contributed by atoms with Gasteiger partial charge in [-0.15, -0.1) is 0 Å². The number of halogens is 1. The summed E-state index contributed by atoms with van der Waals surface area (Å²) in [6, 6.07) is 20.0. The maximum Gasteiger partial charge on any atom is 0.326 e. The summed E-state index contributed by atoms with van der Waals surface area (Å²) in [6.07, 6.45) is 2.06. The molecule has 4 aromatic rings. The number of nitrogens with one attached hydrogen (secondary N) is 3. The molecule has 3 aromatic carbocycles. The van der Waals surface area contributed by atoms with Gasteiger partial charge in [-0.1, -0.05) is 71.8 Å². The summed E-state index contributed by atoms with van der Waals surface area (Å²) in [5, 5.41) is 16.9. The molecule has 38 heavy (non-hydrogen) atoms. The molecule has 1 aromatic heterocycles. The predicted molar refractivity (Wildman–Crippen MR) is 148 cm³/mol. The van der Waals surface area contributed by atoms with Crippen LogP contribution < -0.4 is 10.6 Å². The standard InChI is InChI=1S/C30H30ClN3O4/c1-18-7-9-20(10-8-18)15-26(33-28(35)19(2)21-11-13-23(31)14-12-21)29(36)34-27(30(37)38)16-22-17-32-25-6-4-3-5-24(22)25/h3-14,17,19,26-27,32H,15-16H2,1-2H3,(H,33,35)(H,34,36)(H,37,38). The van der Waals surface area contributed by atoms with Crippen LogP contribution in [0.25, 0.3) is 10.9 Å². The smallest absolute Gasteiger partial charge is 0.326 e. The number of aliphatic carboxylic acids is 1. The lowest BCUT2D eigenvalue weighted by atomic mass is 9.98. The predicted octanol–water partition coefficient (Wildman–Crippen LogP) is 4.77. The molecule has 0 saturated heterocycles. The number of benzene rings is 3. The van der Waals surface area contributed by atoms with Crippen molar-refractivity contribution in [3.8, 4) is 0 Å². The number of carbonyl (C=O) groups excluding carboxylic acids is 2. The molecule has 0 aliphatic carbocycles. The van der Waals surface area contributed by atoms with E-state index >= 15 is 0 Å². The molecular formula is C30H30ClN3O4. The zero-order chi connectivity index (χ0) is 27.2. The van der Waals surface area contributed by atoms with Crippen molar-refractivity contribution in [1.82, 2.24) is 15.6 Å². The molecule has 0 fully saturated rings. The van der Waals surface area contributed by atoms with Gasteiger partial charge in [-0.3, -0.25) is 9.59 Å². The van der Waals surface area contributed by atoms with Crippen LogP contribution in [0.5, 0.6) is 0 Å². The summed E-state index contributed by atoms with van der Waals surface area (Å²) in [5.41, 5.74) is 4.34. The number of carboxylic acid groups (broad SMARTS) is 1. The molecule has 4 N–H and O–H groups in total. The highest BCUT2D eigenvalue weighted by molar-refractivity contribution is 6.30. The van der Waals surface area contributed by atoms with Crippen LogP contribution in [0, 0.1) is 6.92 Å². The molecule has 4 rings (SSSR count). The zero-order valence-electron chi connectivity index (χ0n) is 21.2. The summed E-state index contributed by atoms with van der Waals surface area (Å²) < 4.78 is 0. The second-order valence-corrected chi connectivity index (χ2v) is 9.92. The molecule has 196 valence electrons. The lowest BCUT2D eigenvalue weighted by Crippen LogP contribution is -2.53. The van der Waals surface area contributed by atoms with Crippen LogP contribution in [-0.2, 0) is 27.2 Å². The van der Waals surface area contributed by atoms with E-state index in [9.17, 15) is 19.5 Å². The van der Waals surface area contributed by atoms with Crippen molar-refractivity contribution >= 4 is 40.3 Å². The average molecular weight is 532 g/mol. The van der Waals surface area contributed by atoms with Crippen molar-refractivity contribution in [1.29, 1.82) is 0 Å². The number of carboxylic acids is 1. The number of carbonyl (C=O) groups is 3. The first-order valence-electron chi connectivity index (χ1n) is 12.4. The average Bonchev–Trinajstić information content (AvgIpc) is 3.31. The minimum Gasteiger partial charge on any atom is -0.480 e. The fraction of sp³-hybridized carbons (Fsp3) is 0.233. The minimum atomic E-state index is -1.17. The Morgan fingerprint density at radius 1 is 0.868 bits per heavy atom. The molecule has 3 unspecified atom stereocenters. The fourth-order valence-corrected chi connectivity index (χ4v) is 4.49. The van der Waals surface area contributed by atoms with Gasteiger partial charge in [-0.25, -0.2) is 4.79 Å². The second-order valence-electron chi connectivity index (χ2n) is 9.49. The molecule has 0 aliphatic rings. The highest BCUT2D eigenvalue weighted by Crippen LogP contribution is 2.20. The highest BCUT2D eigenvalue weighted by atomic mass is 35.5. The van der Waals surface area contributed by atoms with Crippen molar-refractivity contribution in [2.24, 2.45) is 0 Å². The van der Waals surface area contributed by atoms with Gasteiger partial charge in [0.2, 0.25) is 11.8 Å². The van der Waals surface area contributed by atoms with E-state index in [4.69, 9.17) is 11.6 Å². The Kier molecular flexibility index (Phi) is 8.48. The number of aromatic nitrogens is 1. The number of amides is 2. The number of aryl methyl sites for hydroxylation is 1. The molecule has 8 heteroatoms. The summed E-state index contributed by atoms with van der Waals surface area (Å²) in [6.45, 7) is 3.71. The van der Waals surface area contributed by atoms with Gasteiger partial charge in [0, 0.05) is 35.0 Å². The van der Waals surface area contributed by atoms with Gasteiger partial charge in [0.1, 0.15) is 12.1 Å². The van der Waals surface area contributed by atoms with E-state index in [2.05, 4.69) is 15.6 Å². The van der Waals surface area contributed by atoms with E-state index in [1.807, 2.05) is 55.5 Å². The maximum atomic E-state index is 13.4. The third kappa shape index (κ3) is 6.61. The number of hydrogen-bond acceptors (Lipinski definition) is 3. The van der Waals surface area contributed by atoms with E-state index in [0.717, 1.165) is 33.2 Å². The van der Waals surface area contributed by atoms with Gasteiger partial charge >= 0.3 is 5.97 Å². The molecule has 2 amide bonds. The van der Waals surface area contributed by atoms with Crippen molar-refractivity contribution in [2.45, 2.75) is 44.7 Å². The number of rotatable bonds is 10. The van der Waals surface area contributed by atoms with Crippen LogP contribution in [0.4, 0.5) is 0 Å². The lowest BCUT2D eigenvalue weighted by Gasteiger charge is -2.23. The first-order chi connectivity index (χ1) is 18.2. The van der Waals surface area contributed by atoms with Crippen molar-refractivity contribution in [3.05, 3.63) is 106 Å². The molecular weight excluding hydrogens is 502 g/mol. The summed E-state index contributed by atoms with van der Waals surface area (Å²) >= 11 is 5.98. The van der Waals surface area contributed by atoms with Gasteiger partial charge < -0.3 is 20.7 Å². The number of hydrogen-bond donors (Lipinski definition) is 4. The van der Waals surface area contributed by atoms with E-state index in [1.54, 1.807) is 37.4 Å². The van der Waals surface area contributed by atoms with E-state index in [1.165, 1.54) is 0 Å². The summed E-state index contributed by atoms with van der Waals surface area (Å²) in [7, 11) is 0. The minimum absolute atomic E-state index is 0.0947. The molecule has 7 nitrogen and oxygen atoms in total. The largest absolute Gasteiger partial charge is 0.480 e. The van der Waals surface area contributed by atoms with Crippen molar-refractivity contribution in [3.63, 3.8) is 0 Å². The van der Waals surface area contributed by atoms with Crippen molar-refractivity contribution in [2.75, 3.05) is 0 Å². The Morgan fingerprint density at radius 2 is 1.53 bits per heavy atom. The molecule has 0 radical (unpaired) electrons.